The molecule has 8 heteroatoms. The van der Waals surface area contributed by atoms with Crippen molar-refractivity contribution in [3.63, 3.8) is 0 Å². The number of amides is 2. The smallest absolute Gasteiger partial charge is 0.283 e. The third-order valence-electron chi connectivity index (χ3n) is 4.55. The van der Waals surface area contributed by atoms with Gasteiger partial charge < -0.3 is 14.6 Å². The second-order valence-corrected chi connectivity index (χ2v) is 9.29. The molecule has 1 aromatic carbocycles. The van der Waals surface area contributed by atoms with Crippen LogP contribution < -0.4 is 14.9 Å². The topological polar surface area (TPSA) is 72.7 Å². The molecule has 0 radical (unpaired) electrons. The summed E-state index contributed by atoms with van der Waals surface area (Å²) in [6, 6.07) is 4.93. The number of benzene rings is 1. The van der Waals surface area contributed by atoms with Crippen molar-refractivity contribution in [1.29, 1.82) is 0 Å². The van der Waals surface area contributed by atoms with Crippen molar-refractivity contribution in [2.75, 3.05) is 7.11 Å². The van der Waals surface area contributed by atoms with Gasteiger partial charge in [0.05, 0.1) is 12.7 Å². The van der Waals surface area contributed by atoms with Crippen LogP contribution >= 0.6 is 22.9 Å². The molecule has 1 atom stereocenters. The van der Waals surface area contributed by atoms with Gasteiger partial charge in [-0.25, -0.2) is 0 Å². The van der Waals surface area contributed by atoms with E-state index in [-0.39, 0.29) is 17.4 Å². The molecule has 0 unspecified atom stereocenters. The number of nitrogens with zero attached hydrogens (tertiary/aromatic N) is 2. The Labute approximate surface area is 173 Å². The minimum atomic E-state index is -0.411. The Morgan fingerprint density at radius 3 is 2.79 bits per heavy atom. The highest BCUT2D eigenvalue weighted by Crippen LogP contribution is 2.26. The first kappa shape index (κ1) is 20.6. The molecule has 6 nitrogen and oxygen atoms in total. The van der Waals surface area contributed by atoms with Gasteiger partial charge in [0.25, 0.3) is 5.91 Å². The lowest BCUT2D eigenvalue weighted by Gasteiger charge is -2.15. The van der Waals surface area contributed by atoms with E-state index in [1.54, 1.807) is 18.2 Å². The highest BCUT2D eigenvalue weighted by atomic mass is 35.5. The Hall–Kier alpha value is -2.12. The minimum absolute atomic E-state index is 0.0460. The molecule has 28 heavy (non-hydrogen) atoms. The van der Waals surface area contributed by atoms with Crippen LogP contribution in [0.1, 0.15) is 48.8 Å². The van der Waals surface area contributed by atoms with Crippen molar-refractivity contribution < 1.29 is 14.3 Å². The highest BCUT2D eigenvalue weighted by Gasteiger charge is 2.24. The lowest BCUT2D eigenvalue weighted by atomic mass is 9.95. The zero-order valence-corrected chi connectivity index (χ0v) is 18.0. The summed E-state index contributed by atoms with van der Waals surface area (Å²) in [6.07, 6.45) is 3.34. The summed E-state index contributed by atoms with van der Waals surface area (Å²) < 4.78 is 7.23. The molecule has 0 saturated carbocycles. The summed E-state index contributed by atoms with van der Waals surface area (Å²) >= 11 is 7.53. The fourth-order valence-corrected chi connectivity index (χ4v) is 4.22. The van der Waals surface area contributed by atoms with E-state index in [9.17, 15) is 9.59 Å². The van der Waals surface area contributed by atoms with Crippen LogP contribution in [0.25, 0.3) is 0 Å². The molecule has 1 fully saturated rings. The van der Waals surface area contributed by atoms with Gasteiger partial charge in [0.2, 0.25) is 5.91 Å². The Morgan fingerprint density at radius 1 is 1.43 bits per heavy atom. The van der Waals surface area contributed by atoms with Crippen LogP contribution in [0, 0.1) is 0 Å². The van der Waals surface area contributed by atoms with Crippen molar-refractivity contribution in [3.05, 3.63) is 44.7 Å². The number of carbonyl (C=O) groups excluding carboxylic acids is 2. The first-order chi connectivity index (χ1) is 13.2. The molecule has 2 amide bonds. The van der Waals surface area contributed by atoms with Crippen LogP contribution in [-0.2, 0) is 16.8 Å². The summed E-state index contributed by atoms with van der Waals surface area (Å²) in [5.41, 5.74) is 0.247. The van der Waals surface area contributed by atoms with Crippen molar-refractivity contribution >= 4 is 34.8 Å². The van der Waals surface area contributed by atoms with E-state index in [0.717, 1.165) is 11.3 Å². The summed E-state index contributed by atoms with van der Waals surface area (Å²) in [4.78, 5) is 30.5. The molecule has 0 bridgehead atoms. The van der Waals surface area contributed by atoms with Crippen molar-refractivity contribution in [3.8, 4) is 5.75 Å². The van der Waals surface area contributed by atoms with Crippen molar-refractivity contribution in [2.45, 2.75) is 51.6 Å². The van der Waals surface area contributed by atoms with Gasteiger partial charge in [0.1, 0.15) is 5.75 Å². The van der Waals surface area contributed by atoms with Crippen LogP contribution in [0.2, 0.25) is 5.02 Å². The van der Waals surface area contributed by atoms with Crippen LogP contribution in [0.5, 0.6) is 5.75 Å². The van der Waals surface area contributed by atoms with E-state index in [2.05, 4.69) is 31.1 Å². The molecular formula is C20H24ClN3O3S. The summed E-state index contributed by atoms with van der Waals surface area (Å²) in [5.74, 6) is 0.0846. The van der Waals surface area contributed by atoms with Crippen molar-refractivity contribution in [2.24, 2.45) is 4.99 Å². The number of nitrogens with one attached hydrogen (secondary N) is 1. The quantitative estimate of drug-likeness (QED) is 0.820. The molecule has 2 heterocycles. The lowest BCUT2D eigenvalue weighted by Crippen LogP contribution is -2.32. The minimum Gasteiger partial charge on any atom is -0.496 e. The normalized spacial score (nSPS) is 17.7. The average molecular weight is 422 g/mol. The van der Waals surface area contributed by atoms with Gasteiger partial charge in [-0.05, 0) is 30.0 Å². The molecule has 150 valence electrons. The number of halogens is 1. The van der Waals surface area contributed by atoms with Gasteiger partial charge in [-0.15, -0.1) is 11.3 Å². The monoisotopic (exact) mass is 421 g/mol. The van der Waals surface area contributed by atoms with E-state index >= 15 is 0 Å². The lowest BCUT2D eigenvalue weighted by molar-refractivity contribution is -0.119. The maximum Gasteiger partial charge on any atom is 0.283 e. The SMILES string of the molecule is COc1ccc(Cl)cc1C(=O)N=c1sc(C(C)(C)C)cn1C[C@@H]1CCC(=O)N1. The van der Waals surface area contributed by atoms with Crippen molar-refractivity contribution in [1.82, 2.24) is 9.88 Å². The van der Waals surface area contributed by atoms with E-state index in [1.807, 2.05) is 10.8 Å². The maximum atomic E-state index is 12.9. The Bertz CT molecular complexity index is 972. The number of rotatable bonds is 4. The molecule has 0 aliphatic carbocycles. The summed E-state index contributed by atoms with van der Waals surface area (Å²) in [5, 5.41) is 3.42. The third kappa shape index (κ3) is 4.64. The molecule has 1 N–H and O–H groups in total. The predicted octanol–water partition coefficient (Wildman–Crippen LogP) is 3.53. The van der Waals surface area contributed by atoms with Crippen LogP contribution in [-0.4, -0.2) is 29.5 Å². The fraction of sp³-hybridized carbons (Fsp3) is 0.450. The molecule has 1 aromatic heterocycles. The Kier molecular flexibility index (Phi) is 5.95. The molecule has 1 saturated heterocycles. The largest absolute Gasteiger partial charge is 0.496 e. The van der Waals surface area contributed by atoms with Crippen LogP contribution in [0.3, 0.4) is 0 Å². The second-order valence-electron chi connectivity index (χ2n) is 7.85. The molecule has 1 aliphatic rings. The van der Waals surface area contributed by atoms with E-state index in [0.29, 0.717) is 34.1 Å². The molecular weight excluding hydrogens is 398 g/mol. The standard InChI is InChI=1S/C20H24ClN3O3S/c1-20(2,3)16-11-24(10-13-6-8-17(25)22-13)19(28-16)23-18(26)14-9-12(21)5-7-15(14)27-4/h5,7,9,11,13H,6,8,10H2,1-4H3,(H,22,25)/t13-/m0/s1. The predicted molar refractivity (Wildman–Crippen MR) is 110 cm³/mol. The number of methoxy groups -OCH3 is 1. The first-order valence-corrected chi connectivity index (χ1v) is 10.3. The summed E-state index contributed by atoms with van der Waals surface area (Å²) in [6.45, 7) is 6.93. The van der Waals surface area contributed by atoms with Gasteiger partial charge in [-0.1, -0.05) is 32.4 Å². The number of aromatic nitrogens is 1. The number of hydrogen-bond acceptors (Lipinski definition) is 4. The van der Waals surface area contributed by atoms with Gasteiger partial charge >= 0.3 is 0 Å². The number of hydrogen-bond donors (Lipinski definition) is 1. The number of thiazole rings is 1. The summed E-state index contributed by atoms with van der Waals surface area (Å²) in [7, 11) is 1.51. The average Bonchev–Trinajstić information content (AvgIpc) is 3.21. The van der Waals surface area contributed by atoms with Gasteiger partial charge in [0, 0.05) is 35.1 Å². The second kappa shape index (κ2) is 8.09. The van der Waals surface area contributed by atoms with Gasteiger partial charge in [-0.3, -0.25) is 9.59 Å². The Balaban J connectivity index is 2.01. The van der Waals surface area contributed by atoms with E-state index < -0.39 is 5.91 Å². The maximum absolute atomic E-state index is 12.9. The molecule has 1 aliphatic heterocycles. The number of carbonyl (C=O) groups is 2. The molecule has 3 rings (SSSR count). The number of ether oxygens (including phenoxy) is 1. The van der Waals surface area contributed by atoms with E-state index in [4.69, 9.17) is 16.3 Å². The Morgan fingerprint density at radius 2 is 2.18 bits per heavy atom. The van der Waals surface area contributed by atoms with E-state index in [1.165, 1.54) is 18.4 Å². The zero-order valence-electron chi connectivity index (χ0n) is 16.4. The van der Waals surface area contributed by atoms with Gasteiger partial charge in [-0.2, -0.15) is 4.99 Å². The zero-order chi connectivity index (χ0) is 20.5. The molecule has 2 aromatic rings. The van der Waals surface area contributed by atoms with Crippen LogP contribution in [0.15, 0.2) is 29.4 Å². The highest BCUT2D eigenvalue weighted by molar-refractivity contribution is 7.09. The third-order valence-corrected chi connectivity index (χ3v) is 6.23. The first-order valence-electron chi connectivity index (χ1n) is 9.10. The fourth-order valence-electron chi connectivity index (χ4n) is 2.99. The molecule has 0 spiro atoms. The van der Waals surface area contributed by atoms with Gasteiger partial charge in [0.15, 0.2) is 4.80 Å². The van der Waals surface area contributed by atoms with Crippen LogP contribution in [0.4, 0.5) is 0 Å².